The van der Waals surface area contributed by atoms with Gasteiger partial charge in [0.1, 0.15) is 11.6 Å². The molecule has 0 fully saturated rings. The van der Waals surface area contributed by atoms with Crippen molar-refractivity contribution in [3.8, 4) is 6.07 Å². The molecule has 0 heterocycles. The van der Waals surface area contributed by atoms with Crippen molar-refractivity contribution < 1.29 is 4.92 Å². The Labute approximate surface area is 76.7 Å². The number of hydrogen-bond acceptors (Lipinski definition) is 3. The summed E-state index contributed by atoms with van der Waals surface area (Å²) in [5.74, 6) is 0. The summed E-state index contributed by atoms with van der Waals surface area (Å²) in [6.07, 6.45) is 0. The zero-order valence-corrected chi connectivity index (χ0v) is 7.41. The smallest absolute Gasteiger partial charge is 0.258 e. The topological polar surface area (TPSA) is 66.9 Å². The molecule has 4 nitrogen and oxygen atoms in total. The van der Waals surface area contributed by atoms with Crippen LogP contribution in [-0.2, 0) is 0 Å². The summed E-state index contributed by atoms with van der Waals surface area (Å²) in [6.45, 7) is 0. The summed E-state index contributed by atoms with van der Waals surface area (Å²) >= 11 is 3.11. The number of nitro benzene ring substituents is 1. The van der Waals surface area contributed by atoms with Crippen LogP contribution in [0.5, 0.6) is 0 Å². The second-order valence-corrected chi connectivity index (χ2v) is 2.95. The first-order chi connectivity index (χ1) is 5.65. The molecule has 0 aliphatic heterocycles. The molecule has 0 aliphatic carbocycles. The molecule has 1 aromatic rings. The van der Waals surface area contributed by atoms with Crippen LogP contribution >= 0.6 is 15.9 Å². The molecule has 0 aromatic heterocycles. The molecular weight excluding hydrogens is 224 g/mol. The molecule has 0 radical (unpaired) electrons. The lowest BCUT2D eigenvalue weighted by molar-refractivity contribution is -0.385. The Morgan fingerprint density at radius 1 is 1.58 bits per heavy atom. The Hall–Kier alpha value is -1.41. The van der Waals surface area contributed by atoms with Crippen molar-refractivity contribution in [1.82, 2.24) is 0 Å². The lowest BCUT2D eigenvalue weighted by Crippen LogP contribution is -1.91. The highest BCUT2D eigenvalue weighted by Gasteiger charge is 2.12. The van der Waals surface area contributed by atoms with Crippen LogP contribution in [-0.4, -0.2) is 4.92 Å². The van der Waals surface area contributed by atoms with E-state index in [2.05, 4.69) is 15.9 Å². The van der Waals surface area contributed by atoms with Crippen LogP contribution in [0.3, 0.4) is 0 Å². The van der Waals surface area contributed by atoms with Gasteiger partial charge in [-0.25, -0.2) is 0 Å². The maximum Gasteiger partial charge on any atom is 0.287 e. The number of hydrogen-bond donors (Lipinski definition) is 0. The summed E-state index contributed by atoms with van der Waals surface area (Å²) < 4.78 is 0.657. The lowest BCUT2D eigenvalue weighted by atomic mass is 10.2. The van der Waals surface area contributed by atoms with E-state index in [1.807, 2.05) is 0 Å². The van der Waals surface area contributed by atoms with Gasteiger partial charge in [0.2, 0.25) is 0 Å². The molecule has 1 aromatic carbocycles. The number of nitro groups is 1. The molecule has 5 heteroatoms. The van der Waals surface area contributed by atoms with Crippen molar-refractivity contribution in [2.24, 2.45) is 0 Å². The highest BCUT2D eigenvalue weighted by molar-refractivity contribution is 9.10. The predicted molar refractivity (Wildman–Crippen MR) is 45.5 cm³/mol. The first-order valence-electron chi connectivity index (χ1n) is 2.99. The van der Waals surface area contributed by atoms with Gasteiger partial charge in [-0.05, 0) is 12.1 Å². The van der Waals surface area contributed by atoms with Crippen molar-refractivity contribution in [3.63, 3.8) is 0 Å². The van der Waals surface area contributed by atoms with E-state index in [0.717, 1.165) is 0 Å². The molecule has 0 N–H and O–H groups in total. The normalized spacial score (nSPS) is 9.00. The molecule has 0 unspecified atom stereocenters. The van der Waals surface area contributed by atoms with Gasteiger partial charge >= 0.3 is 0 Å². The van der Waals surface area contributed by atoms with Crippen molar-refractivity contribution in [2.75, 3.05) is 0 Å². The van der Waals surface area contributed by atoms with Gasteiger partial charge in [0, 0.05) is 10.5 Å². The van der Waals surface area contributed by atoms with Crippen molar-refractivity contribution in [2.45, 2.75) is 0 Å². The van der Waals surface area contributed by atoms with Crippen LogP contribution in [0.15, 0.2) is 22.7 Å². The van der Waals surface area contributed by atoms with Crippen LogP contribution in [0.1, 0.15) is 5.56 Å². The van der Waals surface area contributed by atoms with E-state index in [1.54, 1.807) is 6.07 Å². The van der Waals surface area contributed by atoms with E-state index in [0.29, 0.717) is 4.47 Å². The predicted octanol–water partition coefficient (Wildman–Crippen LogP) is 2.23. The average molecular weight is 227 g/mol. The Balaban J connectivity index is 3.32. The quantitative estimate of drug-likeness (QED) is 0.545. The number of nitrogens with zero attached hydrogens (tertiary/aromatic N) is 2. The highest BCUT2D eigenvalue weighted by atomic mass is 79.9. The Bertz CT molecular complexity index is 370. The number of nitriles is 1. The molecule has 0 bridgehead atoms. The van der Waals surface area contributed by atoms with E-state index >= 15 is 0 Å². The van der Waals surface area contributed by atoms with Crippen LogP contribution in [0.25, 0.3) is 0 Å². The SMILES string of the molecule is N#Cc1cc(Br)ccc1[N+](=O)[O-]. The Morgan fingerprint density at radius 2 is 2.25 bits per heavy atom. The molecule has 1 rings (SSSR count). The summed E-state index contributed by atoms with van der Waals surface area (Å²) in [5, 5.41) is 18.8. The van der Waals surface area contributed by atoms with Crippen LogP contribution < -0.4 is 0 Å². The van der Waals surface area contributed by atoms with Gasteiger partial charge in [-0.15, -0.1) is 0 Å². The van der Waals surface area contributed by atoms with Crippen LogP contribution in [0.4, 0.5) is 5.69 Å². The zero-order chi connectivity index (χ0) is 9.14. The molecule has 0 saturated heterocycles. The molecule has 0 saturated carbocycles. The lowest BCUT2D eigenvalue weighted by Gasteiger charge is -1.93. The van der Waals surface area contributed by atoms with Crippen molar-refractivity contribution in [1.29, 1.82) is 5.26 Å². The Morgan fingerprint density at radius 3 is 2.75 bits per heavy atom. The summed E-state index contributed by atoms with van der Waals surface area (Å²) in [5.41, 5.74) is -0.102. The van der Waals surface area contributed by atoms with Crippen LogP contribution in [0.2, 0.25) is 0 Å². The molecule has 60 valence electrons. The second-order valence-electron chi connectivity index (χ2n) is 2.03. The number of rotatable bonds is 1. The zero-order valence-electron chi connectivity index (χ0n) is 5.82. The highest BCUT2D eigenvalue weighted by Crippen LogP contribution is 2.21. The molecular formula is C7H3BrN2O2. The fraction of sp³-hybridized carbons (Fsp3) is 0. The van der Waals surface area contributed by atoms with E-state index in [1.165, 1.54) is 18.2 Å². The van der Waals surface area contributed by atoms with E-state index in [4.69, 9.17) is 5.26 Å². The van der Waals surface area contributed by atoms with Gasteiger partial charge in [0.15, 0.2) is 0 Å². The fourth-order valence-corrected chi connectivity index (χ4v) is 1.12. The maximum absolute atomic E-state index is 10.3. The molecule has 0 aliphatic rings. The van der Waals surface area contributed by atoms with Gasteiger partial charge in [-0.2, -0.15) is 5.26 Å². The van der Waals surface area contributed by atoms with Gasteiger partial charge < -0.3 is 0 Å². The minimum atomic E-state index is -0.578. The van der Waals surface area contributed by atoms with Gasteiger partial charge in [0.25, 0.3) is 5.69 Å². The van der Waals surface area contributed by atoms with Crippen molar-refractivity contribution >= 4 is 21.6 Å². The molecule has 12 heavy (non-hydrogen) atoms. The first kappa shape index (κ1) is 8.68. The fourth-order valence-electron chi connectivity index (χ4n) is 0.757. The monoisotopic (exact) mass is 226 g/mol. The van der Waals surface area contributed by atoms with E-state index < -0.39 is 4.92 Å². The van der Waals surface area contributed by atoms with Gasteiger partial charge in [0.05, 0.1) is 4.92 Å². The third-order valence-corrected chi connectivity index (χ3v) is 1.77. The third kappa shape index (κ3) is 1.60. The Kier molecular flexibility index (Phi) is 2.41. The first-order valence-corrected chi connectivity index (χ1v) is 3.78. The van der Waals surface area contributed by atoms with Gasteiger partial charge in [-0.1, -0.05) is 15.9 Å². The van der Waals surface area contributed by atoms with Crippen LogP contribution in [0, 0.1) is 21.4 Å². The largest absolute Gasteiger partial charge is 0.287 e. The molecule has 0 amide bonds. The van der Waals surface area contributed by atoms with E-state index in [-0.39, 0.29) is 11.3 Å². The molecule has 0 atom stereocenters. The molecule has 0 spiro atoms. The minimum Gasteiger partial charge on any atom is -0.258 e. The average Bonchev–Trinajstić information content (AvgIpc) is 2.03. The summed E-state index contributed by atoms with van der Waals surface area (Å²) in [4.78, 5) is 9.75. The minimum absolute atomic E-state index is 0.0642. The number of halogens is 1. The standard InChI is InChI=1S/C7H3BrN2O2/c8-6-1-2-7(10(11)12)5(3-6)4-9/h1-3H. The third-order valence-electron chi connectivity index (χ3n) is 1.28. The van der Waals surface area contributed by atoms with Gasteiger partial charge in [-0.3, -0.25) is 10.1 Å². The maximum atomic E-state index is 10.3. The van der Waals surface area contributed by atoms with Crippen molar-refractivity contribution in [3.05, 3.63) is 38.3 Å². The second kappa shape index (κ2) is 3.32. The summed E-state index contributed by atoms with van der Waals surface area (Å²) in [7, 11) is 0. The summed E-state index contributed by atoms with van der Waals surface area (Å²) in [6, 6.07) is 5.98. The number of benzene rings is 1. The van der Waals surface area contributed by atoms with E-state index in [9.17, 15) is 10.1 Å².